The van der Waals surface area contributed by atoms with Gasteiger partial charge in [0.15, 0.2) is 0 Å². The molecule has 0 spiro atoms. The maximum atomic E-state index is 13.1. The summed E-state index contributed by atoms with van der Waals surface area (Å²) in [6.07, 6.45) is -0.794. The van der Waals surface area contributed by atoms with Crippen LogP contribution in [0.5, 0.6) is 0 Å². The Morgan fingerprint density at radius 2 is 1.45 bits per heavy atom. The van der Waals surface area contributed by atoms with Crippen LogP contribution in [-0.2, 0) is 14.3 Å². The Hall–Kier alpha value is -3.05. The van der Waals surface area contributed by atoms with Crippen LogP contribution in [0.2, 0.25) is 0 Å². The molecule has 5 heteroatoms. The van der Waals surface area contributed by atoms with Gasteiger partial charge in [0.2, 0.25) is 6.10 Å². The Morgan fingerprint density at radius 3 is 2.03 bits per heavy atom. The van der Waals surface area contributed by atoms with E-state index in [1.54, 1.807) is 11.8 Å². The molecule has 29 heavy (non-hydrogen) atoms. The van der Waals surface area contributed by atoms with Crippen LogP contribution in [-0.4, -0.2) is 22.9 Å². The third kappa shape index (κ3) is 4.05. The number of esters is 1. The van der Waals surface area contributed by atoms with E-state index in [9.17, 15) is 9.59 Å². The van der Waals surface area contributed by atoms with E-state index >= 15 is 0 Å². The van der Waals surface area contributed by atoms with E-state index in [0.29, 0.717) is 0 Å². The summed E-state index contributed by atoms with van der Waals surface area (Å²) in [6.45, 7) is 1.34. The van der Waals surface area contributed by atoms with Gasteiger partial charge in [0, 0.05) is 11.8 Å². The van der Waals surface area contributed by atoms with E-state index in [4.69, 9.17) is 4.74 Å². The lowest BCUT2D eigenvalue weighted by molar-refractivity contribution is -0.184. The minimum atomic E-state index is -0.794. The summed E-state index contributed by atoms with van der Waals surface area (Å²) >= 11 is 1.61. The molecule has 3 atom stereocenters. The summed E-state index contributed by atoms with van der Waals surface area (Å²) in [6, 6.07) is 29.4. The second kappa shape index (κ2) is 8.53. The Kier molecular flexibility index (Phi) is 5.67. The fraction of sp³-hybridized carbons (Fsp3) is 0.167. The number of nitrogens with zero attached hydrogens (tertiary/aromatic N) is 1. The third-order valence-corrected chi connectivity index (χ3v) is 6.11. The Balaban J connectivity index is 1.73. The standard InChI is InChI=1S/C24H21NO3S/c1-17(26)28-22-21(18-11-5-2-6-12-18)25(23(22)27)24(19-13-7-3-8-14-19)29-20-15-9-4-10-16-20/h2-16,21-22,24H,1H3/t21-,22+,24+/m0/s1. The van der Waals surface area contributed by atoms with Gasteiger partial charge in [-0.25, -0.2) is 0 Å². The Labute approximate surface area is 174 Å². The minimum Gasteiger partial charge on any atom is -0.450 e. The summed E-state index contributed by atoms with van der Waals surface area (Å²) in [5.74, 6) is -0.623. The van der Waals surface area contributed by atoms with Gasteiger partial charge in [-0.3, -0.25) is 9.59 Å². The van der Waals surface area contributed by atoms with Crippen molar-refractivity contribution in [2.24, 2.45) is 0 Å². The molecule has 1 fully saturated rings. The van der Waals surface area contributed by atoms with E-state index < -0.39 is 12.1 Å². The second-order valence-electron chi connectivity index (χ2n) is 6.83. The lowest BCUT2D eigenvalue weighted by Gasteiger charge is -2.50. The molecule has 1 saturated heterocycles. The van der Waals surface area contributed by atoms with Crippen molar-refractivity contribution in [3.05, 3.63) is 102 Å². The highest BCUT2D eigenvalue weighted by molar-refractivity contribution is 7.99. The van der Waals surface area contributed by atoms with Gasteiger partial charge in [0.25, 0.3) is 5.91 Å². The Bertz CT molecular complexity index is 979. The predicted molar refractivity (Wildman–Crippen MR) is 113 cm³/mol. The predicted octanol–water partition coefficient (Wildman–Crippen LogP) is 4.99. The maximum Gasteiger partial charge on any atom is 0.303 e. The van der Waals surface area contributed by atoms with Crippen LogP contribution in [0.15, 0.2) is 95.9 Å². The maximum absolute atomic E-state index is 13.1. The zero-order valence-electron chi connectivity index (χ0n) is 16.0. The quantitative estimate of drug-likeness (QED) is 0.330. The van der Waals surface area contributed by atoms with Gasteiger partial charge in [-0.1, -0.05) is 90.6 Å². The van der Waals surface area contributed by atoms with Crippen molar-refractivity contribution in [1.82, 2.24) is 4.90 Å². The van der Waals surface area contributed by atoms with Crippen molar-refractivity contribution in [3.8, 4) is 0 Å². The van der Waals surface area contributed by atoms with Gasteiger partial charge in [-0.15, -0.1) is 0 Å². The molecule has 1 aliphatic heterocycles. The highest BCUT2D eigenvalue weighted by atomic mass is 32.2. The fourth-order valence-corrected chi connectivity index (χ4v) is 4.77. The zero-order valence-corrected chi connectivity index (χ0v) is 16.8. The van der Waals surface area contributed by atoms with E-state index in [1.807, 2.05) is 95.9 Å². The molecule has 0 aliphatic carbocycles. The number of rotatable bonds is 6. The molecule has 0 aromatic heterocycles. The van der Waals surface area contributed by atoms with E-state index in [-0.39, 0.29) is 17.3 Å². The van der Waals surface area contributed by atoms with Gasteiger partial charge in [-0.2, -0.15) is 0 Å². The third-order valence-electron chi connectivity index (χ3n) is 4.85. The topological polar surface area (TPSA) is 46.6 Å². The van der Waals surface area contributed by atoms with Crippen LogP contribution < -0.4 is 0 Å². The number of thioether (sulfide) groups is 1. The number of β-lactam (4-membered cyclic amide) rings is 1. The summed E-state index contributed by atoms with van der Waals surface area (Å²) in [5, 5.41) is -0.233. The molecule has 0 bridgehead atoms. The number of carbonyl (C=O) groups is 2. The first-order valence-electron chi connectivity index (χ1n) is 9.46. The largest absolute Gasteiger partial charge is 0.450 e. The number of amides is 1. The van der Waals surface area contributed by atoms with Gasteiger partial charge in [0.1, 0.15) is 11.4 Å². The molecular formula is C24H21NO3S. The molecule has 4 nitrogen and oxygen atoms in total. The normalized spacial score (nSPS) is 19.3. The van der Waals surface area contributed by atoms with Crippen molar-refractivity contribution in [2.75, 3.05) is 0 Å². The first kappa shape index (κ1) is 19.3. The molecular weight excluding hydrogens is 382 g/mol. The number of ether oxygens (including phenoxy) is 1. The first-order chi connectivity index (χ1) is 14.1. The molecule has 3 aromatic rings. The van der Waals surface area contributed by atoms with Crippen molar-refractivity contribution in [2.45, 2.75) is 29.3 Å². The summed E-state index contributed by atoms with van der Waals surface area (Å²) in [5.41, 5.74) is 1.98. The second-order valence-corrected chi connectivity index (χ2v) is 7.98. The summed E-state index contributed by atoms with van der Waals surface area (Å²) < 4.78 is 5.39. The molecule has 0 saturated carbocycles. The van der Waals surface area contributed by atoms with Crippen LogP contribution in [0.3, 0.4) is 0 Å². The monoisotopic (exact) mass is 403 g/mol. The average molecular weight is 404 g/mol. The van der Waals surface area contributed by atoms with Gasteiger partial charge >= 0.3 is 5.97 Å². The lowest BCUT2D eigenvalue weighted by Crippen LogP contribution is -2.60. The highest BCUT2D eigenvalue weighted by Gasteiger charge is 2.53. The van der Waals surface area contributed by atoms with E-state index in [1.165, 1.54) is 6.92 Å². The smallest absolute Gasteiger partial charge is 0.303 e. The zero-order chi connectivity index (χ0) is 20.2. The molecule has 0 radical (unpaired) electrons. The summed E-state index contributed by atoms with van der Waals surface area (Å²) in [4.78, 5) is 27.6. The van der Waals surface area contributed by atoms with Gasteiger partial charge in [-0.05, 0) is 23.3 Å². The van der Waals surface area contributed by atoms with Crippen LogP contribution in [0.25, 0.3) is 0 Å². The van der Waals surface area contributed by atoms with Crippen molar-refractivity contribution in [3.63, 3.8) is 0 Å². The number of hydrogen-bond acceptors (Lipinski definition) is 4. The van der Waals surface area contributed by atoms with E-state index in [0.717, 1.165) is 16.0 Å². The molecule has 1 heterocycles. The molecule has 3 aromatic carbocycles. The van der Waals surface area contributed by atoms with E-state index in [2.05, 4.69) is 0 Å². The number of carbonyl (C=O) groups excluding carboxylic acids is 2. The average Bonchev–Trinajstić information content (AvgIpc) is 2.76. The molecule has 1 aliphatic rings. The van der Waals surface area contributed by atoms with Crippen LogP contribution in [0.4, 0.5) is 0 Å². The van der Waals surface area contributed by atoms with Crippen LogP contribution in [0, 0.1) is 0 Å². The fourth-order valence-electron chi connectivity index (χ4n) is 3.55. The van der Waals surface area contributed by atoms with Crippen LogP contribution >= 0.6 is 11.8 Å². The van der Waals surface area contributed by atoms with Crippen molar-refractivity contribution >= 4 is 23.6 Å². The van der Waals surface area contributed by atoms with Gasteiger partial charge in [0.05, 0.1) is 0 Å². The van der Waals surface area contributed by atoms with Gasteiger partial charge < -0.3 is 9.64 Å². The lowest BCUT2D eigenvalue weighted by atomic mass is 9.89. The number of benzene rings is 3. The molecule has 0 unspecified atom stereocenters. The number of hydrogen-bond donors (Lipinski definition) is 0. The number of likely N-dealkylation sites (tertiary alicyclic amines) is 1. The molecule has 0 N–H and O–H groups in total. The molecule has 1 amide bonds. The minimum absolute atomic E-state index is 0.175. The Morgan fingerprint density at radius 1 is 0.897 bits per heavy atom. The first-order valence-corrected chi connectivity index (χ1v) is 10.3. The molecule has 4 rings (SSSR count). The van der Waals surface area contributed by atoms with Crippen molar-refractivity contribution in [1.29, 1.82) is 0 Å². The van der Waals surface area contributed by atoms with Crippen molar-refractivity contribution < 1.29 is 14.3 Å². The summed E-state index contributed by atoms with van der Waals surface area (Å²) in [7, 11) is 0. The SMILES string of the molecule is CC(=O)O[C@H]1C(=O)N([C@H](Sc2ccccc2)c2ccccc2)[C@H]1c1ccccc1. The van der Waals surface area contributed by atoms with Crippen LogP contribution in [0.1, 0.15) is 29.5 Å². The highest BCUT2D eigenvalue weighted by Crippen LogP contribution is 2.49. The molecule has 146 valence electrons.